The van der Waals surface area contributed by atoms with Crippen LogP contribution in [0.25, 0.3) is 21.7 Å². The van der Waals surface area contributed by atoms with E-state index in [1.54, 1.807) is 7.11 Å². The van der Waals surface area contributed by atoms with Crippen molar-refractivity contribution < 1.29 is 19.0 Å². The third kappa shape index (κ3) is 5.88. The number of aromatic nitrogens is 1. The van der Waals surface area contributed by atoms with E-state index >= 15 is 0 Å². The lowest BCUT2D eigenvalue weighted by molar-refractivity contribution is 0.00625. The topological polar surface area (TPSA) is 60.6 Å². The Morgan fingerprint density at radius 1 is 0.973 bits per heavy atom. The third-order valence-corrected chi connectivity index (χ3v) is 6.56. The first-order valence-corrected chi connectivity index (χ1v) is 13.0. The molecule has 196 valence electrons. The number of fused-ring (bicyclic) bond motifs is 2. The van der Waals surface area contributed by atoms with Gasteiger partial charge < -0.3 is 19.2 Å². The number of carbonyl (C=O) groups is 1. The number of hydrogen-bond donors (Lipinski definition) is 1. The summed E-state index contributed by atoms with van der Waals surface area (Å²) in [5.41, 5.74) is 2.46. The van der Waals surface area contributed by atoms with E-state index in [2.05, 4.69) is 25.8 Å². The van der Waals surface area contributed by atoms with E-state index in [-0.39, 0.29) is 11.4 Å². The molecule has 3 aromatic carbocycles. The third-order valence-electron chi connectivity index (χ3n) is 6.25. The molecule has 1 N–H and O–H groups in total. The van der Waals surface area contributed by atoms with E-state index < -0.39 is 5.60 Å². The predicted octanol–water partition coefficient (Wildman–Crippen LogP) is 8.25. The van der Waals surface area contributed by atoms with Crippen molar-refractivity contribution in [2.45, 2.75) is 65.4 Å². The second-order valence-corrected chi connectivity index (χ2v) is 11.8. The Kier molecular flexibility index (Phi) is 7.48. The van der Waals surface area contributed by atoms with Crippen LogP contribution in [0.1, 0.15) is 69.6 Å². The summed E-state index contributed by atoms with van der Waals surface area (Å²) < 4.78 is 17.4. The van der Waals surface area contributed by atoms with Crippen LogP contribution in [-0.2, 0) is 16.6 Å². The quantitative estimate of drug-likeness (QED) is 0.196. The zero-order valence-corrected chi connectivity index (χ0v) is 23.5. The number of hydrogen-bond acceptors (Lipinski definition) is 4. The minimum Gasteiger partial charge on any atom is -0.497 e. The van der Waals surface area contributed by atoms with Gasteiger partial charge in [-0.3, -0.25) is 0 Å². The first-order valence-electron chi connectivity index (χ1n) is 12.7. The maximum absolute atomic E-state index is 13.2. The van der Waals surface area contributed by atoms with Crippen LogP contribution in [0.2, 0.25) is 5.02 Å². The average Bonchev–Trinajstić information content (AvgIpc) is 3.17. The lowest BCUT2D eigenvalue weighted by Gasteiger charge is -2.21. The number of ether oxygens (including phenoxy) is 3. The van der Waals surface area contributed by atoms with Gasteiger partial charge in [0.05, 0.1) is 19.2 Å². The van der Waals surface area contributed by atoms with E-state index in [1.807, 2.05) is 69.3 Å². The van der Waals surface area contributed by atoms with Crippen molar-refractivity contribution in [3.8, 4) is 11.5 Å². The van der Waals surface area contributed by atoms with Crippen LogP contribution in [0.15, 0.2) is 48.5 Å². The number of H-pyrrole nitrogens is 1. The van der Waals surface area contributed by atoms with Crippen molar-refractivity contribution >= 4 is 39.2 Å². The fourth-order valence-electron chi connectivity index (χ4n) is 4.71. The summed E-state index contributed by atoms with van der Waals surface area (Å²) in [7, 11) is 1.65. The Labute approximate surface area is 224 Å². The number of nitrogens with one attached hydrogen (secondary N) is 1. The van der Waals surface area contributed by atoms with Crippen molar-refractivity contribution in [3.63, 3.8) is 0 Å². The Morgan fingerprint density at radius 2 is 1.70 bits per heavy atom. The number of rotatable bonds is 7. The largest absolute Gasteiger partial charge is 0.497 e. The normalized spacial score (nSPS) is 12.2. The van der Waals surface area contributed by atoms with Gasteiger partial charge in [0.2, 0.25) is 0 Å². The molecular formula is C31H36ClNO4. The summed E-state index contributed by atoms with van der Waals surface area (Å²) in [6, 6.07) is 15.9. The molecule has 0 aliphatic carbocycles. The van der Waals surface area contributed by atoms with Crippen molar-refractivity contribution in [3.05, 3.63) is 70.4 Å². The van der Waals surface area contributed by atoms with Crippen molar-refractivity contribution in [1.29, 1.82) is 0 Å². The monoisotopic (exact) mass is 521 g/mol. The molecule has 0 bridgehead atoms. The van der Waals surface area contributed by atoms with Gasteiger partial charge in [-0.05, 0) is 62.1 Å². The van der Waals surface area contributed by atoms with Crippen LogP contribution in [0.3, 0.4) is 0 Å². The number of methoxy groups -OCH3 is 1. The summed E-state index contributed by atoms with van der Waals surface area (Å²) in [5, 5.41) is 3.76. The lowest BCUT2D eigenvalue weighted by Crippen LogP contribution is -2.24. The molecule has 0 atom stereocenters. The predicted molar refractivity (Wildman–Crippen MR) is 151 cm³/mol. The fraction of sp³-hybridized carbons (Fsp3) is 0.387. The lowest BCUT2D eigenvalue weighted by atomic mass is 9.85. The number of esters is 1. The average molecular weight is 522 g/mol. The van der Waals surface area contributed by atoms with Gasteiger partial charge in [-0.25, -0.2) is 4.79 Å². The summed E-state index contributed by atoms with van der Waals surface area (Å²) in [6.07, 6.45) is 1.35. The molecule has 0 spiro atoms. The highest BCUT2D eigenvalue weighted by Gasteiger charge is 2.28. The molecule has 0 saturated heterocycles. The molecule has 0 saturated carbocycles. The molecule has 1 aromatic heterocycles. The molecule has 0 fully saturated rings. The molecule has 4 aromatic rings. The summed E-state index contributed by atoms with van der Waals surface area (Å²) in [4.78, 5) is 16.6. The number of aromatic amines is 1. The van der Waals surface area contributed by atoms with Gasteiger partial charge in [-0.2, -0.15) is 0 Å². The molecule has 37 heavy (non-hydrogen) atoms. The van der Waals surface area contributed by atoms with E-state index in [9.17, 15) is 4.79 Å². The summed E-state index contributed by atoms with van der Waals surface area (Å²) in [5.74, 6) is 1.17. The highest BCUT2D eigenvalue weighted by Crippen LogP contribution is 2.38. The number of carbonyl (C=O) groups excluding carboxylic acids is 1. The minimum atomic E-state index is -0.604. The molecule has 0 radical (unpaired) electrons. The smallest absolute Gasteiger partial charge is 0.355 e. The van der Waals surface area contributed by atoms with E-state index in [4.69, 9.17) is 25.8 Å². The van der Waals surface area contributed by atoms with Gasteiger partial charge in [-0.1, -0.05) is 62.7 Å². The van der Waals surface area contributed by atoms with Crippen LogP contribution in [0, 0.1) is 0 Å². The van der Waals surface area contributed by atoms with Crippen LogP contribution in [-0.4, -0.2) is 30.3 Å². The first-order chi connectivity index (χ1) is 17.4. The summed E-state index contributed by atoms with van der Waals surface area (Å²) in [6.45, 7) is 12.5. The second-order valence-electron chi connectivity index (χ2n) is 11.4. The Balaban J connectivity index is 1.65. The Bertz CT molecular complexity index is 1440. The van der Waals surface area contributed by atoms with Crippen LogP contribution < -0.4 is 9.47 Å². The van der Waals surface area contributed by atoms with Crippen LogP contribution in [0.5, 0.6) is 11.5 Å². The zero-order valence-electron chi connectivity index (χ0n) is 22.8. The fourth-order valence-corrected chi connectivity index (χ4v) is 5.15. The molecule has 0 unspecified atom stereocenters. The Hall–Kier alpha value is -3.18. The maximum Gasteiger partial charge on any atom is 0.355 e. The maximum atomic E-state index is 13.2. The van der Waals surface area contributed by atoms with E-state index in [0.29, 0.717) is 30.2 Å². The van der Waals surface area contributed by atoms with Crippen molar-refractivity contribution in [2.75, 3.05) is 13.7 Å². The van der Waals surface area contributed by atoms with Gasteiger partial charge in [0.25, 0.3) is 0 Å². The molecular weight excluding hydrogens is 486 g/mol. The van der Waals surface area contributed by atoms with E-state index in [1.165, 1.54) is 0 Å². The Morgan fingerprint density at radius 3 is 2.38 bits per heavy atom. The van der Waals surface area contributed by atoms with Crippen LogP contribution >= 0.6 is 11.6 Å². The molecule has 4 rings (SSSR count). The summed E-state index contributed by atoms with van der Waals surface area (Å²) >= 11 is 6.64. The van der Waals surface area contributed by atoms with Gasteiger partial charge in [-0.15, -0.1) is 0 Å². The molecule has 6 heteroatoms. The first kappa shape index (κ1) is 26.9. The van der Waals surface area contributed by atoms with Gasteiger partial charge in [0.15, 0.2) is 0 Å². The van der Waals surface area contributed by atoms with Gasteiger partial charge in [0.1, 0.15) is 22.8 Å². The molecule has 0 amide bonds. The van der Waals surface area contributed by atoms with Gasteiger partial charge in [0, 0.05) is 27.4 Å². The molecule has 5 nitrogen and oxygen atoms in total. The molecule has 0 aliphatic heterocycles. The number of aryl methyl sites for hydroxylation is 1. The van der Waals surface area contributed by atoms with Crippen LogP contribution in [0.4, 0.5) is 0 Å². The van der Waals surface area contributed by atoms with E-state index in [0.717, 1.165) is 44.3 Å². The zero-order chi connectivity index (χ0) is 27.0. The second kappa shape index (κ2) is 10.3. The SMILES string of the molecule is COc1cc(OCCCc2c(C(=O)OC(C)(C)C)[nH]c3c(C(C)(C)C)c(Cl)ccc23)c2ccccc2c1. The molecule has 1 heterocycles. The van der Waals surface area contributed by atoms with Crippen molar-refractivity contribution in [2.24, 2.45) is 0 Å². The highest BCUT2D eigenvalue weighted by molar-refractivity contribution is 6.32. The number of benzene rings is 3. The standard InChI is InChI=1S/C31H36ClNO4/c1-30(2,3)26-24(32)15-14-23-22(28(33-27(23)26)29(34)37-31(4,5)6)13-10-16-36-25-18-20(35-7)17-19-11-8-9-12-21(19)25/h8-9,11-12,14-15,17-18,33H,10,13,16H2,1-7H3. The number of halogens is 1. The molecule has 0 aliphatic rings. The highest BCUT2D eigenvalue weighted by atomic mass is 35.5. The van der Waals surface area contributed by atoms with Gasteiger partial charge >= 0.3 is 5.97 Å². The minimum absolute atomic E-state index is 0.208. The van der Waals surface area contributed by atoms with Crippen molar-refractivity contribution in [1.82, 2.24) is 4.98 Å².